The van der Waals surface area contributed by atoms with E-state index in [1.165, 1.54) is 32.1 Å². The third-order valence-electron chi connectivity index (χ3n) is 3.93. The molecule has 0 radical (unpaired) electrons. The van der Waals surface area contributed by atoms with Gasteiger partial charge in [0.05, 0.1) is 4.47 Å². The molecule has 1 aliphatic rings. The molecule has 1 aromatic rings. The molecule has 3 heteroatoms. The van der Waals surface area contributed by atoms with E-state index in [-0.39, 0.29) is 5.82 Å². The molecule has 1 N–H and O–H groups in total. The predicted molar refractivity (Wildman–Crippen MR) is 77.0 cm³/mol. The molecule has 1 saturated carbocycles. The van der Waals surface area contributed by atoms with E-state index in [0.29, 0.717) is 9.89 Å². The minimum absolute atomic E-state index is 0.182. The number of rotatable bonds is 4. The Morgan fingerprint density at radius 1 is 1.28 bits per heavy atom. The van der Waals surface area contributed by atoms with E-state index >= 15 is 0 Å². The first-order valence-corrected chi connectivity index (χ1v) is 7.53. The third kappa shape index (κ3) is 3.79. The highest BCUT2D eigenvalue weighted by atomic mass is 79.9. The van der Waals surface area contributed by atoms with Crippen LogP contribution in [0.25, 0.3) is 0 Å². The van der Waals surface area contributed by atoms with Crippen LogP contribution >= 0.6 is 15.9 Å². The molecule has 1 fully saturated rings. The molecule has 0 spiro atoms. The minimum Gasteiger partial charge on any atom is -0.312 e. The summed E-state index contributed by atoms with van der Waals surface area (Å²) in [4.78, 5) is 0. The maximum absolute atomic E-state index is 13.4. The molecule has 100 valence electrons. The van der Waals surface area contributed by atoms with Gasteiger partial charge >= 0.3 is 0 Å². The van der Waals surface area contributed by atoms with Crippen LogP contribution in [0.2, 0.25) is 0 Å². The van der Waals surface area contributed by atoms with E-state index < -0.39 is 0 Å². The van der Waals surface area contributed by atoms with Gasteiger partial charge in [-0.1, -0.05) is 32.3 Å². The van der Waals surface area contributed by atoms with E-state index in [1.807, 2.05) is 6.07 Å². The molecule has 0 amide bonds. The van der Waals surface area contributed by atoms with Gasteiger partial charge in [0.15, 0.2) is 0 Å². The van der Waals surface area contributed by atoms with Gasteiger partial charge in [0.1, 0.15) is 5.82 Å². The van der Waals surface area contributed by atoms with E-state index in [0.717, 1.165) is 18.7 Å². The monoisotopic (exact) mass is 313 g/mol. The lowest BCUT2D eigenvalue weighted by molar-refractivity contribution is 0.207. The zero-order valence-electron chi connectivity index (χ0n) is 10.9. The largest absolute Gasteiger partial charge is 0.312 e. The molecular formula is C15H21BrFN. The molecule has 1 aromatic carbocycles. The van der Waals surface area contributed by atoms with Crippen molar-refractivity contribution in [1.82, 2.24) is 5.32 Å². The van der Waals surface area contributed by atoms with Crippen molar-refractivity contribution in [3.8, 4) is 0 Å². The zero-order chi connectivity index (χ0) is 13.0. The summed E-state index contributed by atoms with van der Waals surface area (Å²) in [6, 6.07) is 5.33. The quantitative estimate of drug-likeness (QED) is 0.853. The second-order valence-electron chi connectivity index (χ2n) is 5.72. The van der Waals surface area contributed by atoms with Crippen LogP contribution in [0.5, 0.6) is 0 Å². The first-order chi connectivity index (χ1) is 8.59. The molecule has 1 nitrogen and oxygen atoms in total. The van der Waals surface area contributed by atoms with Crippen molar-refractivity contribution in [1.29, 1.82) is 0 Å². The summed E-state index contributed by atoms with van der Waals surface area (Å²) in [7, 11) is 0. The van der Waals surface area contributed by atoms with Gasteiger partial charge < -0.3 is 5.32 Å². The fraction of sp³-hybridized carbons (Fsp3) is 0.600. The average Bonchev–Trinajstić information content (AvgIpc) is 2.34. The van der Waals surface area contributed by atoms with Crippen molar-refractivity contribution in [2.24, 2.45) is 5.41 Å². The molecule has 18 heavy (non-hydrogen) atoms. The molecule has 0 aliphatic heterocycles. The lowest BCUT2D eigenvalue weighted by Crippen LogP contribution is -2.33. The number of hydrogen-bond acceptors (Lipinski definition) is 1. The highest BCUT2D eigenvalue weighted by Gasteiger charge is 2.25. The lowest BCUT2D eigenvalue weighted by Gasteiger charge is -2.33. The standard InChI is InChI=1S/C15H21BrFN/c1-15(7-3-2-4-8-15)11-18-10-12-5-6-13(16)14(17)9-12/h5-6,9,18H,2-4,7-8,10-11H2,1H3. The summed E-state index contributed by atoms with van der Waals surface area (Å²) in [5.74, 6) is -0.182. The van der Waals surface area contributed by atoms with Crippen molar-refractivity contribution < 1.29 is 4.39 Å². The summed E-state index contributed by atoms with van der Waals surface area (Å²) in [5, 5.41) is 3.48. The predicted octanol–water partition coefficient (Wildman–Crippen LogP) is 4.65. The Bertz CT molecular complexity index is 399. The second kappa shape index (κ2) is 6.16. The van der Waals surface area contributed by atoms with Crippen LogP contribution in [-0.4, -0.2) is 6.54 Å². The van der Waals surface area contributed by atoms with Crippen molar-refractivity contribution in [2.75, 3.05) is 6.54 Å². The summed E-state index contributed by atoms with van der Waals surface area (Å²) in [6.45, 7) is 4.14. The number of benzene rings is 1. The molecule has 0 bridgehead atoms. The van der Waals surface area contributed by atoms with Crippen LogP contribution in [-0.2, 0) is 6.54 Å². The van der Waals surface area contributed by atoms with Gasteiger partial charge in [-0.2, -0.15) is 0 Å². The first kappa shape index (κ1) is 14.0. The Hall–Kier alpha value is -0.410. The van der Waals surface area contributed by atoms with Crippen LogP contribution in [0.4, 0.5) is 4.39 Å². The van der Waals surface area contributed by atoms with Crippen LogP contribution < -0.4 is 5.32 Å². The Balaban J connectivity index is 1.82. The fourth-order valence-electron chi connectivity index (χ4n) is 2.74. The molecule has 0 saturated heterocycles. The minimum atomic E-state index is -0.182. The van der Waals surface area contributed by atoms with Crippen molar-refractivity contribution in [2.45, 2.75) is 45.6 Å². The summed E-state index contributed by atoms with van der Waals surface area (Å²) >= 11 is 3.17. The SMILES string of the molecule is CC1(CNCc2ccc(Br)c(F)c2)CCCCC1. The topological polar surface area (TPSA) is 12.0 Å². The molecule has 0 atom stereocenters. The summed E-state index contributed by atoms with van der Waals surface area (Å²) in [6.07, 6.45) is 6.72. The lowest BCUT2D eigenvalue weighted by atomic mass is 9.76. The van der Waals surface area contributed by atoms with Crippen LogP contribution in [0.1, 0.15) is 44.6 Å². The van der Waals surface area contributed by atoms with Gasteiger partial charge in [-0.05, 0) is 51.9 Å². The molecule has 1 aliphatic carbocycles. The van der Waals surface area contributed by atoms with Gasteiger partial charge in [-0.25, -0.2) is 4.39 Å². The second-order valence-corrected chi connectivity index (χ2v) is 6.58. The summed E-state index contributed by atoms with van der Waals surface area (Å²) < 4.78 is 13.9. The number of hydrogen-bond donors (Lipinski definition) is 1. The molecule has 0 unspecified atom stereocenters. The normalized spacial score (nSPS) is 18.8. The van der Waals surface area contributed by atoms with E-state index in [9.17, 15) is 4.39 Å². The maximum atomic E-state index is 13.4. The highest BCUT2D eigenvalue weighted by Crippen LogP contribution is 2.34. The smallest absolute Gasteiger partial charge is 0.137 e. The fourth-order valence-corrected chi connectivity index (χ4v) is 2.99. The van der Waals surface area contributed by atoms with Gasteiger partial charge in [0.25, 0.3) is 0 Å². The van der Waals surface area contributed by atoms with Gasteiger partial charge in [-0.15, -0.1) is 0 Å². The molecule has 2 rings (SSSR count). The molecular weight excluding hydrogens is 293 g/mol. The van der Waals surface area contributed by atoms with E-state index in [1.54, 1.807) is 12.1 Å². The van der Waals surface area contributed by atoms with Crippen molar-refractivity contribution >= 4 is 15.9 Å². The van der Waals surface area contributed by atoms with E-state index in [2.05, 4.69) is 28.2 Å². The van der Waals surface area contributed by atoms with Gasteiger partial charge in [-0.3, -0.25) is 0 Å². The Morgan fingerprint density at radius 3 is 2.67 bits per heavy atom. The first-order valence-electron chi connectivity index (χ1n) is 6.74. The average molecular weight is 314 g/mol. The Kier molecular flexibility index (Phi) is 4.79. The summed E-state index contributed by atoms with van der Waals surface area (Å²) in [5.41, 5.74) is 1.45. The van der Waals surface area contributed by atoms with E-state index in [4.69, 9.17) is 0 Å². The molecule has 0 heterocycles. The number of nitrogens with one attached hydrogen (secondary N) is 1. The molecule has 0 aromatic heterocycles. The van der Waals surface area contributed by atoms with Gasteiger partial charge in [0, 0.05) is 13.1 Å². The highest BCUT2D eigenvalue weighted by molar-refractivity contribution is 9.10. The van der Waals surface area contributed by atoms with Gasteiger partial charge in [0.2, 0.25) is 0 Å². The van der Waals surface area contributed by atoms with Crippen LogP contribution in [0.3, 0.4) is 0 Å². The zero-order valence-corrected chi connectivity index (χ0v) is 12.5. The van der Waals surface area contributed by atoms with Crippen LogP contribution in [0, 0.1) is 11.2 Å². The van der Waals surface area contributed by atoms with Crippen molar-refractivity contribution in [3.05, 3.63) is 34.1 Å². The maximum Gasteiger partial charge on any atom is 0.137 e. The Morgan fingerprint density at radius 2 is 2.00 bits per heavy atom. The third-order valence-corrected chi connectivity index (χ3v) is 4.57. The Labute approximate surface area is 117 Å². The number of halogens is 2. The van der Waals surface area contributed by atoms with Crippen molar-refractivity contribution in [3.63, 3.8) is 0 Å². The van der Waals surface area contributed by atoms with Crippen LogP contribution in [0.15, 0.2) is 22.7 Å².